The fraction of sp³-hybridized carbons (Fsp3) is 0.421. The van der Waals surface area contributed by atoms with Gasteiger partial charge in [0.1, 0.15) is 0 Å². The Balaban J connectivity index is 1.47. The Hall–Kier alpha value is -2.08. The first-order chi connectivity index (χ1) is 12.2. The van der Waals surface area contributed by atoms with Gasteiger partial charge in [-0.25, -0.2) is 0 Å². The second-order valence-electron chi connectivity index (χ2n) is 6.61. The molecule has 0 bridgehead atoms. The zero-order chi connectivity index (χ0) is 17.2. The number of hydrogen-bond acceptors (Lipinski definition) is 5. The van der Waals surface area contributed by atoms with Crippen LogP contribution < -0.4 is 0 Å². The van der Waals surface area contributed by atoms with Crippen molar-refractivity contribution in [3.8, 4) is 0 Å². The lowest BCUT2D eigenvalue weighted by molar-refractivity contribution is 0.0995. The summed E-state index contributed by atoms with van der Waals surface area (Å²) < 4.78 is 5.83. The maximum absolute atomic E-state index is 12.8. The Morgan fingerprint density at radius 2 is 2.04 bits per heavy atom. The molecule has 1 atom stereocenters. The van der Waals surface area contributed by atoms with Gasteiger partial charge in [-0.15, -0.1) is 10.2 Å². The average molecular weight is 355 g/mol. The average Bonchev–Trinajstić information content (AvgIpc) is 3.29. The molecule has 5 nitrogen and oxygen atoms in total. The molecule has 0 saturated heterocycles. The van der Waals surface area contributed by atoms with E-state index in [0.717, 1.165) is 29.6 Å². The number of rotatable bonds is 5. The molecule has 4 rings (SSSR count). The van der Waals surface area contributed by atoms with Crippen LogP contribution in [0.5, 0.6) is 0 Å². The van der Waals surface area contributed by atoms with E-state index in [2.05, 4.69) is 15.2 Å². The molecule has 2 aromatic heterocycles. The molecule has 0 radical (unpaired) electrons. The standard InChI is InChI=1S/C19H21N3O2S/c1-12(17(23)15-11-20-16-10-6-5-9-14(15)16)25-19-22-21-18(24-19)13-7-3-2-4-8-13/h5-6,9-13,20H,2-4,7-8H2,1H3/t12-/m0/s1. The van der Waals surface area contributed by atoms with E-state index in [1.54, 1.807) is 6.20 Å². The van der Waals surface area contributed by atoms with Gasteiger partial charge >= 0.3 is 0 Å². The molecule has 6 heteroatoms. The van der Waals surface area contributed by atoms with Crippen molar-refractivity contribution >= 4 is 28.4 Å². The predicted octanol–water partition coefficient (Wildman–Crippen LogP) is 4.96. The van der Waals surface area contributed by atoms with Gasteiger partial charge in [0.15, 0.2) is 5.78 Å². The van der Waals surface area contributed by atoms with Crippen molar-refractivity contribution in [2.75, 3.05) is 0 Å². The number of nitrogens with one attached hydrogen (secondary N) is 1. The predicted molar refractivity (Wildman–Crippen MR) is 98.1 cm³/mol. The van der Waals surface area contributed by atoms with Crippen LogP contribution in [0, 0.1) is 0 Å². The van der Waals surface area contributed by atoms with E-state index in [0.29, 0.717) is 16.7 Å². The number of ketones is 1. The van der Waals surface area contributed by atoms with Crippen molar-refractivity contribution in [1.29, 1.82) is 0 Å². The Bertz CT molecular complexity index is 880. The van der Waals surface area contributed by atoms with Crippen LogP contribution in [-0.4, -0.2) is 26.2 Å². The fourth-order valence-electron chi connectivity index (χ4n) is 3.48. The molecule has 1 N–H and O–H groups in total. The minimum atomic E-state index is -0.279. The van der Waals surface area contributed by atoms with Crippen LogP contribution in [0.4, 0.5) is 0 Å². The molecule has 1 aliphatic carbocycles. The highest BCUT2D eigenvalue weighted by Crippen LogP contribution is 2.34. The largest absolute Gasteiger partial charge is 0.416 e. The maximum atomic E-state index is 12.8. The van der Waals surface area contributed by atoms with Crippen LogP contribution >= 0.6 is 11.8 Å². The molecular weight excluding hydrogens is 334 g/mol. The van der Waals surface area contributed by atoms with Crippen molar-refractivity contribution in [3.63, 3.8) is 0 Å². The van der Waals surface area contributed by atoms with Gasteiger partial charge in [-0.05, 0) is 25.8 Å². The molecular formula is C19H21N3O2S. The van der Waals surface area contributed by atoms with Crippen LogP contribution in [0.15, 0.2) is 40.1 Å². The second kappa shape index (κ2) is 7.04. The normalized spacial score (nSPS) is 17.0. The Morgan fingerprint density at radius 1 is 1.24 bits per heavy atom. The van der Waals surface area contributed by atoms with Crippen LogP contribution in [0.3, 0.4) is 0 Å². The van der Waals surface area contributed by atoms with Gasteiger partial charge < -0.3 is 9.40 Å². The van der Waals surface area contributed by atoms with E-state index < -0.39 is 0 Å². The number of thioether (sulfide) groups is 1. The van der Waals surface area contributed by atoms with Crippen molar-refractivity contribution < 1.29 is 9.21 Å². The number of benzene rings is 1. The Labute approximate surface area is 150 Å². The smallest absolute Gasteiger partial charge is 0.277 e. The number of hydrogen-bond donors (Lipinski definition) is 1. The van der Waals surface area contributed by atoms with E-state index >= 15 is 0 Å². The molecule has 1 saturated carbocycles. The molecule has 1 aliphatic rings. The molecule has 0 spiro atoms. The summed E-state index contributed by atoms with van der Waals surface area (Å²) in [6.07, 6.45) is 7.77. The summed E-state index contributed by atoms with van der Waals surface area (Å²) in [5.74, 6) is 1.18. The first-order valence-corrected chi connectivity index (χ1v) is 9.70. The van der Waals surface area contributed by atoms with Crippen molar-refractivity contribution in [2.45, 2.75) is 55.4 Å². The number of aromatic amines is 1. The number of para-hydroxylation sites is 1. The van der Waals surface area contributed by atoms with Gasteiger partial charge in [0.05, 0.1) is 5.25 Å². The fourth-order valence-corrected chi connectivity index (χ4v) is 4.24. The zero-order valence-corrected chi connectivity index (χ0v) is 15.0. The van der Waals surface area contributed by atoms with E-state index in [-0.39, 0.29) is 11.0 Å². The SMILES string of the molecule is C[C@H](Sc1nnc(C2CCCCC2)o1)C(=O)c1c[nH]c2ccccc12. The summed E-state index contributed by atoms with van der Waals surface area (Å²) in [6.45, 7) is 1.89. The molecule has 3 aromatic rings. The third kappa shape index (κ3) is 3.35. The van der Waals surface area contributed by atoms with E-state index in [4.69, 9.17) is 4.42 Å². The van der Waals surface area contributed by atoms with Gasteiger partial charge in [0, 0.05) is 28.6 Å². The third-order valence-electron chi connectivity index (χ3n) is 4.88. The zero-order valence-electron chi connectivity index (χ0n) is 14.2. The highest BCUT2D eigenvalue weighted by atomic mass is 32.2. The summed E-state index contributed by atoms with van der Waals surface area (Å²) >= 11 is 1.34. The maximum Gasteiger partial charge on any atom is 0.277 e. The molecule has 1 fully saturated rings. The molecule has 0 unspecified atom stereocenters. The van der Waals surface area contributed by atoms with Gasteiger partial charge in [-0.3, -0.25) is 4.79 Å². The van der Waals surface area contributed by atoms with Gasteiger partial charge in [0.25, 0.3) is 5.22 Å². The van der Waals surface area contributed by atoms with Crippen LogP contribution in [-0.2, 0) is 0 Å². The molecule has 0 amide bonds. The number of aromatic nitrogens is 3. The highest BCUT2D eigenvalue weighted by molar-refractivity contribution is 8.00. The molecule has 2 heterocycles. The first-order valence-electron chi connectivity index (χ1n) is 8.83. The Kier molecular flexibility index (Phi) is 4.61. The summed E-state index contributed by atoms with van der Waals surface area (Å²) in [6, 6.07) is 7.83. The van der Waals surface area contributed by atoms with Gasteiger partial charge in [-0.2, -0.15) is 0 Å². The lowest BCUT2D eigenvalue weighted by Crippen LogP contribution is -2.13. The summed E-state index contributed by atoms with van der Waals surface area (Å²) in [5, 5.41) is 9.51. The van der Waals surface area contributed by atoms with E-state index in [9.17, 15) is 4.79 Å². The van der Waals surface area contributed by atoms with Crippen molar-refractivity contribution in [1.82, 2.24) is 15.2 Å². The van der Waals surface area contributed by atoms with Crippen LogP contribution in [0.2, 0.25) is 0 Å². The lowest BCUT2D eigenvalue weighted by Gasteiger charge is -2.17. The molecule has 25 heavy (non-hydrogen) atoms. The number of carbonyl (C=O) groups is 1. The minimum Gasteiger partial charge on any atom is -0.416 e. The van der Waals surface area contributed by atoms with Crippen LogP contribution in [0.25, 0.3) is 10.9 Å². The Morgan fingerprint density at radius 3 is 2.88 bits per heavy atom. The molecule has 1 aromatic carbocycles. The van der Waals surface area contributed by atoms with Gasteiger partial charge in [-0.1, -0.05) is 49.2 Å². The number of fused-ring (bicyclic) bond motifs is 1. The number of carbonyl (C=O) groups excluding carboxylic acids is 1. The molecule has 0 aliphatic heterocycles. The summed E-state index contributed by atoms with van der Waals surface area (Å²) in [5.41, 5.74) is 1.68. The van der Waals surface area contributed by atoms with E-state index in [1.165, 1.54) is 31.0 Å². The van der Waals surface area contributed by atoms with Crippen LogP contribution in [0.1, 0.15) is 61.2 Å². The summed E-state index contributed by atoms with van der Waals surface area (Å²) in [7, 11) is 0. The monoisotopic (exact) mass is 355 g/mol. The topological polar surface area (TPSA) is 71.8 Å². The highest BCUT2D eigenvalue weighted by Gasteiger charge is 2.25. The van der Waals surface area contributed by atoms with Gasteiger partial charge in [0.2, 0.25) is 5.89 Å². The summed E-state index contributed by atoms with van der Waals surface area (Å²) in [4.78, 5) is 16.0. The quantitative estimate of drug-likeness (QED) is 0.517. The van der Waals surface area contributed by atoms with Crippen molar-refractivity contribution in [2.24, 2.45) is 0 Å². The minimum absolute atomic E-state index is 0.0693. The van der Waals surface area contributed by atoms with Crippen molar-refractivity contribution in [3.05, 3.63) is 41.9 Å². The number of Topliss-reactive ketones (excluding diaryl/α,β-unsaturated/α-hetero) is 1. The molecule has 130 valence electrons. The number of nitrogens with zero attached hydrogens (tertiary/aromatic N) is 2. The second-order valence-corrected chi connectivity index (χ2v) is 7.91. The third-order valence-corrected chi connectivity index (χ3v) is 5.81. The first kappa shape index (κ1) is 16.4. The lowest BCUT2D eigenvalue weighted by atomic mass is 9.89. The number of H-pyrrole nitrogens is 1. The van der Waals surface area contributed by atoms with E-state index in [1.807, 2.05) is 31.2 Å².